The molecule has 0 spiro atoms. The first kappa shape index (κ1) is 31.3. The van der Waals surface area contributed by atoms with Crippen molar-refractivity contribution < 1.29 is 19.7 Å². The van der Waals surface area contributed by atoms with Crippen LogP contribution in [-0.2, 0) is 34.5 Å². The first-order valence-corrected chi connectivity index (χ1v) is 14.8. The van der Waals surface area contributed by atoms with Crippen molar-refractivity contribution in [2.75, 3.05) is 26.7 Å². The van der Waals surface area contributed by atoms with E-state index in [1.54, 1.807) is 6.92 Å². The van der Waals surface area contributed by atoms with Crippen molar-refractivity contribution in [3.63, 3.8) is 0 Å². The summed E-state index contributed by atoms with van der Waals surface area (Å²) < 4.78 is 7.71. The lowest BCUT2D eigenvalue weighted by Gasteiger charge is -2.31. The van der Waals surface area contributed by atoms with E-state index in [0.717, 1.165) is 58.4 Å². The number of rotatable bonds is 15. The lowest BCUT2D eigenvalue weighted by Crippen LogP contribution is -2.38. The number of aliphatic hydroxyl groups is 1. The summed E-state index contributed by atoms with van der Waals surface area (Å²) in [7, 11) is 2.09. The van der Waals surface area contributed by atoms with Crippen LogP contribution in [0.25, 0.3) is 11.0 Å². The van der Waals surface area contributed by atoms with E-state index in [2.05, 4.69) is 34.4 Å². The summed E-state index contributed by atoms with van der Waals surface area (Å²) in [5, 5.41) is 29.7. The van der Waals surface area contributed by atoms with Crippen molar-refractivity contribution >= 4 is 17.0 Å². The number of carboxylic acid groups (broad SMARTS) is 1. The second-order valence-electron chi connectivity index (χ2n) is 11.4. The minimum absolute atomic E-state index is 0.319. The Balaban J connectivity index is 1.44. The van der Waals surface area contributed by atoms with Gasteiger partial charge >= 0.3 is 5.97 Å². The zero-order valence-electron chi connectivity index (χ0n) is 25.5. The highest BCUT2D eigenvalue weighted by Gasteiger charge is 2.40. The SMILES string of the molecule is CCC(Cc1ccc(C)c(C(C)O)c1)(C(=O)O)c1ccc2c(nnn2CCN(C)CCCOCc2ccccc2)c1C. The van der Waals surface area contributed by atoms with Gasteiger partial charge in [-0.25, -0.2) is 4.68 Å². The summed E-state index contributed by atoms with van der Waals surface area (Å²) in [4.78, 5) is 15.2. The number of ether oxygens (including phenoxy) is 1. The van der Waals surface area contributed by atoms with Gasteiger partial charge in [0, 0.05) is 19.7 Å². The number of carboxylic acids is 1. The molecule has 0 radical (unpaired) electrons. The molecule has 1 aromatic heterocycles. The van der Waals surface area contributed by atoms with E-state index in [-0.39, 0.29) is 0 Å². The Morgan fingerprint density at radius 2 is 1.83 bits per heavy atom. The Morgan fingerprint density at radius 1 is 1.07 bits per heavy atom. The Bertz CT molecular complexity index is 1480. The third-order valence-electron chi connectivity index (χ3n) is 8.40. The van der Waals surface area contributed by atoms with Crippen molar-refractivity contribution in [2.24, 2.45) is 0 Å². The Hall–Kier alpha value is -3.59. The molecule has 2 unspecified atom stereocenters. The number of aromatic nitrogens is 3. The zero-order chi connectivity index (χ0) is 30.3. The zero-order valence-corrected chi connectivity index (χ0v) is 25.5. The maximum absolute atomic E-state index is 12.9. The normalized spacial score (nSPS) is 13.9. The van der Waals surface area contributed by atoms with Crippen LogP contribution in [0.2, 0.25) is 0 Å². The fourth-order valence-electron chi connectivity index (χ4n) is 5.78. The summed E-state index contributed by atoms with van der Waals surface area (Å²) in [5.74, 6) is -0.867. The molecule has 4 aromatic rings. The van der Waals surface area contributed by atoms with Crippen LogP contribution < -0.4 is 0 Å². The number of carbonyl (C=O) groups is 1. The van der Waals surface area contributed by atoms with Crippen molar-refractivity contribution in [3.05, 3.63) is 94.0 Å². The highest BCUT2D eigenvalue weighted by Crippen LogP contribution is 2.37. The average Bonchev–Trinajstić information content (AvgIpc) is 3.40. The van der Waals surface area contributed by atoms with Crippen molar-refractivity contribution in [1.82, 2.24) is 19.9 Å². The van der Waals surface area contributed by atoms with Crippen LogP contribution in [0, 0.1) is 13.8 Å². The molecule has 224 valence electrons. The number of aryl methyl sites for hydroxylation is 2. The van der Waals surface area contributed by atoms with Gasteiger partial charge < -0.3 is 19.8 Å². The van der Waals surface area contributed by atoms with Crippen LogP contribution in [-0.4, -0.2) is 62.8 Å². The molecule has 8 nitrogen and oxygen atoms in total. The van der Waals surface area contributed by atoms with Gasteiger partial charge in [-0.2, -0.15) is 0 Å². The molecule has 0 saturated heterocycles. The molecular formula is C34H44N4O4. The van der Waals surface area contributed by atoms with Gasteiger partial charge in [-0.15, -0.1) is 5.10 Å². The van der Waals surface area contributed by atoms with Gasteiger partial charge in [0.2, 0.25) is 0 Å². The maximum atomic E-state index is 12.9. The van der Waals surface area contributed by atoms with Gasteiger partial charge in [0.15, 0.2) is 0 Å². The van der Waals surface area contributed by atoms with E-state index in [9.17, 15) is 15.0 Å². The number of benzene rings is 3. The van der Waals surface area contributed by atoms with Crippen LogP contribution in [0.4, 0.5) is 0 Å². The summed E-state index contributed by atoms with van der Waals surface area (Å²) in [6, 6.07) is 19.9. The Kier molecular flexibility index (Phi) is 10.5. The molecule has 0 aliphatic carbocycles. The molecule has 3 aromatic carbocycles. The second-order valence-corrected chi connectivity index (χ2v) is 11.4. The predicted molar refractivity (Wildman–Crippen MR) is 166 cm³/mol. The fraction of sp³-hybridized carbons (Fsp3) is 0.441. The van der Waals surface area contributed by atoms with Crippen molar-refractivity contribution in [1.29, 1.82) is 0 Å². The third kappa shape index (κ3) is 7.06. The minimum atomic E-state index is -1.13. The molecule has 8 heteroatoms. The molecule has 0 fully saturated rings. The number of likely N-dealkylation sites (N-methyl/N-ethyl adjacent to an activating group) is 1. The third-order valence-corrected chi connectivity index (χ3v) is 8.40. The maximum Gasteiger partial charge on any atom is 0.314 e. The van der Waals surface area contributed by atoms with Gasteiger partial charge in [0.25, 0.3) is 0 Å². The number of hydrogen-bond acceptors (Lipinski definition) is 6. The van der Waals surface area contributed by atoms with Crippen LogP contribution in [0.1, 0.15) is 66.2 Å². The number of nitrogens with zero attached hydrogens (tertiary/aromatic N) is 4. The molecule has 0 aliphatic rings. The molecule has 2 N–H and O–H groups in total. The molecule has 0 aliphatic heterocycles. The number of aliphatic carboxylic acids is 1. The van der Waals surface area contributed by atoms with Crippen LogP contribution in [0.3, 0.4) is 0 Å². The van der Waals surface area contributed by atoms with E-state index >= 15 is 0 Å². The molecule has 0 bridgehead atoms. The summed E-state index contributed by atoms with van der Waals surface area (Å²) in [6.07, 6.45) is 1.06. The standard InChI is InChI=1S/C34H44N4O4/c1-6-34(33(40)41,22-28-14-13-24(2)29(21-28)26(4)39)30-15-16-31-32(25(30)3)35-36-38(31)19-18-37(5)17-10-20-42-23-27-11-8-7-9-12-27/h7-9,11-16,21,26,39H,6,10,17-20,22-23H2,1-5H3,(H,40,41). The number of hydrogen-bond donors (Lipinski definition) is 2. The summed E-state index contributed by atoms with van der Waals surface area (Å²) >= 11 is 0. The molecule has 0 saturated carbocycles. The monoisotopic (exact) mass is 572 g/mol. The smallest absolute Gasteiger partial charge is 0.314 e. The van der Waals surface area contributed by atoms with E-state index in [0.29, 0.717) is 32.6 Å². The highest BCUT2D eigenvalue weighted by atomic mass is 16.5. The molecule has 1 heterocycles. The molecule has 42 heavy (non-hydrogen) atoms. The van der Waals surface area contributed by atoms with E-state index in [1.807, 2.05) is 74.0 Å². The van der Waals surface area contributed by atoms with Crippen molar-refractivity contribution in [2.45, 2.75) is 71.6 Å². The van der Waals surface area contributed by atoms with Crippen molar-refractivity contribution in [3.8, 4) is 0 Å². The van der Waals surface area contributed by atoms with Gasteiger partial charge in [0.05, 0.1) is 30.2 Å². The molecule has 2 atom stereocenters. The number of fused-ring (bicyclic) bond motifs is 1. The van der Waals surface area contributed by atoms with E-state index in [1.165, 1.54) is 5.56 Å². The first-order chi connectivity index (χ1) is 20.2. The molecule has 0 amide bonds. The largest absolute Gasteiger partial charge is 0.481 e. The highest BCUT2D eigenvalue weighted by molar-refractivity contribution is 5.87. The topological polar surface area (TPSA) is 101 Å². The summed E-state index contributed by atoms with van der Waals surface area (Å²) in [5.41, 5.74) is 5.98. The fourth-order valence-corrected chi connectivity index (χ4v) is 5.78. The van der Waals surface area contributed by atoms with E-state index in [4.69, 9.17) is 4.74 Å². The van der Waals surface area contributed by atoms with Gasteiger partial charge in [0.1, 0.15) is 5.52 Å². The second kappa shape index (κ2) is 14.1. The predicted octanol–water partition coefficient (Wildman–Crippen LogP) is 5.62. The lowest BCUT2D eigenvalue weighted by molar-refractivity contribution is -0.144. The van der Waals surface area contributed by atoms with Gasteiger partial charge in [-0.3, -0.25) is 4.79 Å². The Morgan fingerprint density at radius 3 is 2.52 bits per heavy atom. The lowest BCUT2D eigenvalue weighted by atomic mass is 9.71. The van der Waals surface area contributed by atoms with Crippen LogP contribution in [0.5, 0.6) is 0 Å². The number of aliphatic hydroxyl groups excluding tert-OH is 1. The average molecular weight is 573 g/mol. The van der Waals surface area contributed by atoms with Gasteiger partial charge in [-0.05, 0) is 86.5 Å². The minimum Gasteiger partial charge on any atom is -0.481 e. The van der Waals surface area contributed by atoms with E-state index < -0.39 is 17.5 Å². The summed E-state index contributed by atoms with van der Waals surface area (Å²) in [6.45, 7) is 11.3. The quantitative estimate of drug-likeness (QED) is 0.179. The van der Waals surface area contributed by atoms with Gasteiger partial charge in [-0.1, -0.05) is 66.7 Å². The van der Waals surface area contributed by atoms with Crippen LogP contribution >= 0.6 is 0 Å². The first-order valence-electron chi connectivity index (χ1n) is 14.8. The Labute approximate surface area is 248 Å². The van der Waals surface area contributed by atoms with Crippen LogP contribution in [0.15, 0.2) is 60.7 Å². The molecule has 4 rings (SSSR count). The molecular weight excluding hydrogens is 528 g/mol.